The fraction of sp³-hybridized carbons (Fsp3) is 0.529. The molecule has 2 atom stereocenters. The number of hydrogen-bond donors (Lipinski definition) is 2. The molecule has 5 nitrogen and oxygen atoms in total. The fourth-order valence-corrected chi connectivity index (χ4v) is 3.51. The van der Waals surface area contributed by atoms with E-state index in [9.17, 15) is 9.59 Å². The second kappa shape index (κ2) is 8.70. The van der Waals surface area contributed by atoms with Gasteiger partial charge in [-0.05, 0) is 37.8 Å². The first-order valence-corrected chi connectivity index (χ1v) is 8.95. The molecule has 3 N–H and O–H groups in total. The predicted molar refractivity (Wildman–Crippen MR) is 97.3 cm³/mol. The Morgan fingerprint density at radius 2 is 1.96 bits per heavy atom. The molecule has 0 heterocycles. The lowest BCUT2D eigenvalue weighted by Gasteiger charge is -2.23. The van der Waals surface area contributed by atoms with Gasteiger partial charge in [-0.15, -0.1) is 0 Å². The molecule has 2 rings (SSSR count). The van der Waals surface area contributed by atoms with Crippen molar-refractivity contribution in [1.29, 1.82) is 0 Å². The number of benzene rings is 1. The molecule has 1 aliphatic rings. The number of likely N-dealkylation sites (N-methyl/N-ethyl adjacent to an activating group) is 1. The predicted octanol–water partition coefficient (Wildman–Crippen LogP) is 3.30. The van der Waals surface area contributed by atoms with Crippen molar-refractivity contribution in [3.8, 4) is 0 Å². The first kappa shape index (κ1) is 19.0. The highest BCUT2D eigenvalue weighted by molar-refractivity contribution is 6.39. The van der Waals surface area contributed by atoms with Gasteiger partial charge in [-0.3, -0.25) is 9.59 Å². The van der Waals surface area contributed by atoms with Crippen LogP contribution in [-0.2, 0) is 9.59 Å². The Labute approximate surface area is 152 Å². The van der Waals surface area contributed by atoms with Gasteiger partial charge in [-0.2, -0.15) is 0 Å². The van der Waals surface area contributed by atoms with Crippen molar-refractivity contribution in [2.45, 2.75) is 38.6 Å². The van der Waals surface area contributed by atoms with Crippen molar-refractivity contribution in [3.63, 3.8) is 0 Å². The first-order valence-electron chi connectivity index (χ1n) is 8.19. The van der Waals surface area contributed by atoms with Gasteiger partial charge in [0.2, 0.25) is 11.8 Å². The Bertz CT molecular complexity index is 589. The van der Waals surface area contributed by atoms with Crippen LogP contribution in [0, 0.1) is 5.92 Å². The van der Waals surface area contributed by atoms with Gasteiger partial charge in [-0.1, -0.05) is 35.7 Å². The molecule has 0 saturated heterocycles. The number of anilines is 1. The van der Waals surface area contributed by atoms with E-state index in [0.717, 1.165) is 19.3 Å². The lowest BCUT2D eigenvalue weighted by atomic mass is 9.99. The van der Waals surface area contributed by atoms with Gasteiger partial charge in [0.05, 0.1) is 22.3 Å². The van der Waals surface area contributed by atoms with Crippen molar-refractivity contribution in [2.24, 2.45) is 11.7 Å². The van der Waals surface area contributed by atoms with E-state index in [1.165, 1.54) is 4.90 Å². The third-order valence-corrected chi connectivity index (χ3v) is 5.08. The van der Waals surface area contributed by atoms with Gasteiger partial charge >= 0.3 is 0 Å². The van der Waals surface area contributed by atoms with E-state index >= 15 is 0 Å². The first-order chi connectivity index (χ1) is 11.4. The summed E-state index contributed by atoms with van der Waals surface area (Å²) in [5.41, 5.74) is 6.39. The van der Waals surface area contributed by atoms with Crippen molar-refractivity contribution in [3.05, 3.63) is 28.2 Å². The number of hydrogen-bond acceptors (Lipinski definition) is 3. The van der Waals surface area contributed by atoms with Gasteiger partial charge in [0, 0.05) is 19.0 Å². The molecule has 2 amide bonds. The summed E-state index contributed by atoms with van der Waals surface area (Å²) in [5, 5.41) is 3.41. The van der Waals surface area contributed by atoms with Crippen molar-refractivity contribution in [1.82, 2.24) is 4.90 Å². The van der Waals surface area contributed by atoms with E-state index in [2.05, 4.69) is 5.32 Å². The number of carbonyl (C=O) groups is 2. The highest BCUT2D eigenvalue weighted by atomic mass is 35.5. The summed E-state index contributed by atoms with van der Waals surface area (Å²) >= 11 is 12.1. The molecule has 132 valence electrons. The fourth-order valence-electron chi connectivity index (χ4n) is 3.02. The maximum atomic E-state index is 12.4. The van der Waals surface area contributed by atoms with E-state index in [-0.39, 0.29) is 30.3 Å². The Morgan fingerprint density at radius 3 is 2.50 bits per heavy atom. The summed E-state index contributed by atoms with van der Waals surface area (Å²) in [6.45, 7) is 2.28. The van der Waals surface area contributed by atoms with Crippen LogP contribution >= 0.6 is 23.2 Å². The zero-order valence-corrected chi connectivity index (χ0v) is 15.2. The molecular formula is C17H23Cl2N3O2. The molecule has 1 aromatic carbocycles. The van der Waals surface area contributed by atoms with E-state index < -0.39 is 0 Å². The van der Waals surface area contributed by atoms with Gasteiger partial charge in [-0.25, -0.2) is 0 Å². The second-order valence-corrected chi connectivity index (χ2v) is 6.93. The van der Waals surface area contributed by atoms with Gasteiger partial charge in [0.15, 0.2) is 0 Å². The standard InChI is InChI=1S/C17H23Cl2N3O2/c1-2-22(16(24)9-11-5-3-8-14(11)20)10-15(23)21-17-12(18)6-4-7-13(17)19/h4,6-7,11,14H,2-3,5,8-10,20H2,1H3,(H,21,23)/t11-,14+/m0/s1. The SMILES string of the molecule is CCN(CC(=O)Nc1c(Cl)cccc1Cl)C(=O)C[C@@H]1CCC[C@H]1N. The third-order valence-electron chi connectivity index (χ3n) is 4.45. The summed E-state index contributed by atoms with van der Waals surface area (Å²) in [6, 6.07) is 5.08. The molecule has 0 unspecified atom stereocenters. The van der Waals surface area contributed by atoms with Crippen molar-refractivity contribution < 1.29 is 9.59 Å². The van der Waals surface area contributed by atoms with Crippen LogP contribution in [0.4, 0.5) is 5.69 Å². The molecular weight excluding hydrogens is 349 g/mol. The maximum Gasteiger partial charge on any atom is 0.244 e. The molecule has 24 heavy (non-hydrogen) atoms. The van der Waals surface area contributed by atoms with Crippen LogP contribution in [-0.4, -0.2) is 35.8 Å². The Hall–Kier alpha value is -1.30. The van der Waals surface area contributed by atoms with Crippen LogP contribution in [0.2, 0.25) is 10.0 Å². The topological polar surface area (TPSA) is 75.4 Å². The molecule has 1 aliphatic carbocycles. The number of para-hydroxylation sites is 1. The molecule has 1 fully saturated rings. The van der Waals surface area contributed by atoms with Crippen LogP contribution in [0.5, 0.6) is 0 Å². The highest BCUT2D eigenvalue weighted by Gasteiger charge is 2.28. The molecule has 0 aromatic heterocycles. The Balaban J connectivity index is 1.94. The average molecular weight is 372 g/mol. The van der Waals surface area contributed by atoms with Gasteiger partial charge < -0.3 is 16.0 Å². The van der Waals surface area contributed by atoms with Crippen molar-refractivity contribution >= 4 is 40.7 Å². The number of carbonyl (C=O) groups excluding carboxylic acids is 2. The molecule has 1 aromatic rings. The smallest absolute Gasteiger partial charge is 0.244 e. The molecule has 0 radical (unpaired) electrons. The van der Waals surface area contributed by atoms with E-state index in [1.807, 2.05) is 6.92 Å². The maximum absolute atomic E-state index is 12.4. The minimum atomic E-state index is -0.323. The summed E-state index contributed by atoms with van der Waals surface area (Å²) in [4.78, 5) is 26.2. The number of nitrogens with two attached hydrogens (primary N) is 1. The number of amides is 2. The summed E-state index contributed by atoms with van der Waals surface area (Å²) in [5.74, 6) is -0.149. The largest absolute Gasteiger partial charge is 0.334 e. The molecule has 0 spiro atoms. The summed E-state index contributed by atoms with van der Waals surface area (Å²) < 4.78 is 0. The monoisotopic (exact) mass is 371 g/mol. The molecule has 0 aliphatic heterocycles. The highest BCUT2D eigenvalue weighted by Crippen LogP contribution is 2.30. The molecule has 1 saturated carbocycles. The quantitative estimate of drug-likeness (QED) is 0.805. The second-order valence-electron chi connectivity index (χ2n) is 6.11. The molecule has 7 heteroatoms. The minimum absolute atomic E-state index is 0.0289. The lowest BCUT2D eigenvalue weighted by Crippen LogP contribution is -2.40. The number of nitrogens with zero attached hydrogens (tertiary/aromatic N) is 1. The average Bonchev–Trinajstić information content (AvgIpc) is 2.93. The number of rotatable bonds is 6. The normalized spacial score (nSPS) is 20.0. The van der Waals surface area contributed by atoms with E-state index in [1.54, 1.807) is 18.2 Å². The molecule has 0 bridgehead atoms. The summed E-state index contributed by atoms with van der Waals surface area (Å²) in [7, 11) is 0. The van der Waals surface area contributed by atoms with Crippen LogP contribution < -0.4 is 11.1 Å². The zero-order chi connectivity index (χ0) is 17.7. The zero-order valence-electron chi connectivity index (χ0n) is 13.7. The van der Waals surface area contributed by atoms with Crippen LogP contribution in [0.3, 0.4) is 0 Å². The number of halogens is 2. The van der Waals surface area contributed by atoms with E-state index in [0.29, 0.717) is 28.7 Å². The lowest BCUT2D eigenvalue weighted by molar-refractivity contribution is -0.135. The van der Waals surface area contributed by atoms with Crippen LogP contribution in [0.1, 0.15) is 32.6 Å². The van der Waals surface area contributed by atoms with Gasteiger partial charge in [0.1, 0.15) is 0 Å². The Kier molecular flexibility index (Phi) is 6.90. The van der Waals surface area contributed by atoms with E-state index in [4.69, 9.17) is 28.9 Å². The summed E-state index contributed by atoms with van der Waals surface area (Å²) in [6.07, 6.45) is 3.41. The minimum Gasteiger partial charge on any atom is -0.334 e. The van der Waals surface area contributed by atoms with Crippen molar-refractivity contribution in [2.75, 3.05) is 18.4 Å². The van der Waals surface area contributed by atoms with Crippen LogP contribution in [0.25, 0.3) is 0 Å². The van der Waals surface area contributed by atoms with Crippen LogP contribution in [0.15, 0.2) is 18.2 Å². The van der Waals surface area contributed by atoms with Gasteiger partial charge in [0.25, 0.3) is 0 Å². The Morgan fingerprint density at radius 1 is 1.29 bits per heavy atom. The third kappa shape index (κ3) is 4.85. The number of nitrogens with one attached hydrogen (secondary N) is 1.